The van der Waals surface area contributed by atoms with Crippen LogP contribution in [0.5, 0.6) is 0 Å². The van der Waals surface area contributed by atoms with E-state index >= 15 is 0 Å². The van der Waals surface area contributed by atoms with Gasteiger partial charge < -0.3 is 14.2 Å². The highest BCUT2D eigenvalue weighted by atomic mass is 19.4. The Hall–Kier alpha value is -3.20. The third-order valence-electron chi connectivity index (χ3n) is 5.82. The van der Waals surface area contributed by atoms with E-state index in [1.807, 2.05) is 35.2 Å². The van der Waals surface area contributed by atoms with Gasteiger partial charge in [0.05, 0.1) is 6.61 Å². The van der Waals surface area contributed by atoms with Gasteiger partial charge in [0, 0.05) is 36.2 Å². The van der Waals surface area contributed by atoms with Crippen LogP contribution in [0.3, 0.4) is 0 Å². The molecule has 160 valence electrons. The summed E-state index contributed by atoms with van der Waals surface area (Å²) < 4.78 is 48.3. The number of aromatic nitrogens is 2. The van der Waals surface area contributed by atoms with Gasteiger partial charge in [-0.15, -0.1) is 0 Å². The van der Waals surface area contributed by atoms with Crippen LogP contribution in [0.15, 0.2) is 53.1 Å². The molecule has 2 aliphatic heterocycles. The first-order chi connectivity index (χ1) is 14.9. The molecule has 0 spiro atoms. The first-order valence-electron chi connectivity index (χ1n) is 9.89. The number of nitrogens with zero attached hydrogens (tertiary/aromatic N) is 3. The quantitative estimate of drug-likeness (QED) is 0.622. The van der Waals surface area contributed by atoms with Crippen LogP contribution in [0.1, 0.15) is 39.7 Å². The molecule has 2 aromatic carbocycles. The molecule has 2 unspecified atom stereocenters. The van der Waals surface area contributed by atoms with Crippen LogP contribution in [-0.4, -0.2) is 40.2 Å². The zero-order chi connectivity index (χ0) is 21.6. The van der Waals surface area contributed by atoms with Crippen molar-refractivity contribution in [3.63, 3.8) is 0 Å². The maximum atomic E-state index is 13.3. The third-order valence-corrected chi connectivity index (χ3v) is 5.82. The van der Waals surface area contributed by atoms with Crippen molar-refractivity contribution in [2.24, 2.45) is 0 Å². The van der Waals surface area contributed by atoms with E-state index in [4.69, 9.17) is 4.74 Å². The van der Waals surface area contributed by atoms with Crippen molar-refractivity contribution >= 4 is 5.91 Å². The molecule has 5 rings (SSSR count). The first kappa shape index (κ1) is 19.7. The number of carbonyl (C=O) groups is 1. The second-order valence-corrected chi connectivity index (χ2v) is 7.67. The van der Waals surface area contributed by atoms with Crippen molar-refractivity contribution in [1.82, 2.24) is 15.0 Å². The molecule has 0 radical (unpaired) electrons. The van der Waals surface area contributed by atoms with Crippen molar-refractivity contribution in [3.05, 3.63) is 71.1 Å². The molecule has 2 atom stereocenters. The molecule has 0 aliphatic carbocycles. The maximum absolute atomic E-state index is 13.3. The van der Waals surface area contributed by atoms with Gasteiger partial charge in [0.2, 0.25) is 5.82 Å². The Morgan fingerprint density at radius 1 is 1.10 bits per heavy atom. The predicted molar refractivity (Wildman–Crippen MR) is 103 cm³/mol. The standard InChI is InChI=1S/C22H18F3N3O3/c23-22(24,25)21-26-19(27-31-21)14-6-7-15-11-28(20(29)16(15)10-14)18-8-9-30-12-17(18)13-4-2-1-3-5-13/h1-7,10,17-18H,8-9,11-12H2. The molecule has 6 nitrogen and oxygen atoms in total. The van der Waals surface area contributed by atoms with E-state index in [2.05, 4.69) is 14.7 Å². The van der Waals surface area contributed by atoms with E-state index in [9.17, 15) is 18.0 Å². The summed E-state index contributed by atoms with van der Waals surface area (Å²) in [4.78, 5) is 18.5. The molecule has 9 heteroatoms. The van der Waals surface area contributed by atoms with Gasteiger partial charge >= 0.3 is 12.1 Å². The minimum atomic E-state index is -4.72. The van der Waals surface area contributed by atoms with Crippen molar-refractivity contribution in [2.45, 2.75) is 31.1 Å². The van der Waals surface area contributed by atoms with Crippen molar-refractivity contribution < 1.29 is 27.2 Å². The summed E-state index contributed by atoms with van der Waals surface area (Å²) in [6, 6.07) is 14.8. The summed E-state index contributed by atoms with van der Waals surface area (Å²) >= 11 is 0. The lowest BCUT2D eigenvalue weighted by Gasteiger charge is -2.38. The topological polar surface area (TPSA) is 68.5 Å². The number of fused-ring (bicyclic) bond motifs is 1. The minimum absolute atomic E-state index is 0.0264. The number of alkyl halides is 3. The van der Waals surface area contributed by atoms with E-state index in [0.29, 0.717) is 37.3 Å². The zero-order valence-electron chi connectivity index (χ0n) is 16.3. The number of ether oxygens (including phenoxy) is 1. The predicted octanol–water partition coefficient (Wildman–Crippen LogP) is 4.28. The van der Waals surface area contributed by atoms with Gasteiger partial charge in [-0.3, -0.25) is 4.79 Å². The molecule has 0 N–H and O–H groups in total. The molecule has 1 amide bonds. The van der Waals surface area contributed by atoms with E-state index in [-0.39, 0.29) is 23.7 Å². The smallest absolute Gasteiger partial charge is 0.381 e. The van der Waals surface area contributed by atoms with Gasteiger partial charge in [0.15, 0.2) is 0 Å². The van der Waals surface area contributed by atoms with Crippen LogP contribution < -0.4 is 0 Å². The SMILES string of the molecule is O=C1c2cc(-c3noc(C(F)(F)F)n3)ccc2CN1C1CCOCC1c1ccccc1. The van der Waals surface area contributed by atoms with Crippen LogP contribution in [0.25, 0.3) is 11.4 Å². The van der Waals surface area contributed by atoms with Crippen LogP contribution in [0.4, 0.5) is 13.2 Å². The molecule has 1 aromatic heterocycles. The number of halogens is 3. The molecular formula is C22H18F3N3O3. The van der Waals surface area contributed by atoms with Crippen molar-refractivity contribution in [2.75, 3.05) is 13.2 Å². The van der Waals surface area contributed by atoms with Crippen LogP contribution in [0.2, 0.25) is 0 Å². The van der Waals surface area contributed by atoms with E-state index in [1.54, 1.807) is 18.2 Å². The van der Waals surface area contributed by atoms with Gasteiger partial charge in [-0.05, 0) is 23.6 Å². The lowest BCUT2D eigenvalue weighted by Crippen LogP contribution is -2.44. The molecule has 3 heterocycles. The number of hydrogen-bond donors (Lipinski definition) is 0. The lowest BCUT2D eigenvalue weighted by molar-refractivity contribution is -0.159. The van der Waals surface area contributed by atoms with E-state index in [0.717, 1.165) is 11.1 Å². The molecule has 1 fully saturated rings. The number of amides is 1. The second kappa shape index (κ2) is 7.49. The number of hydrogen-bond acceptors (Lipinski definition) is 5. The highest BCUT2D eigenvalue weighted by Crippen LogP contribution is 2.36. The highest BCUT2D eigenvalue weighted by molar-refractivity contribution is 5.99. The normalized spacial score (nSPS) is 21.4. The summed E-state index contributed by atoms with van der Waals surface area (Å²) in [5, 5.41) is 3.42. The van der Waals surface area contributed by atoms with Crippen LogP contribution in [0, 0.1) is 0 Å². The van der Waals surface area contributed by atoms with Crippen LogP contribution in [-0.2, 0) is 17.5 Å². The molecule has 1 saturated heterocycles. The highest BCUT2D eigenvalue weighted by Gasteiger charge is 2.40. The molecular weight excluding hydrogens is 411 g/mol. The summed E-state index contributed by atoms with van der Waals surface area (Å²) in [5.74, 6) is -1.71. The van der Waals surface area contributed by atoms with Gasteiger partial charge in [0.1, 0.15) is 0 Å². The fraction of sp³-hybridized carbons (Fsp3) is 0.318. The van der Waals surface area contributed by atoms with Crippen LogP contribution >= 0.6 is 0 Å². The Balaban J connectivity index is 1.43. The molecule has 0 bridgehead atoms. The fourth-order valence-electron chi connectivity index (χ4n) is 4.30. The summed E-state index contributed by atoms with van der Waals surface area (Å²) in [5.41, 5.74) is 2.70. The summed E-state index contributed by atoms with van der Waals surface area (Å²) in [6.07, 6.45) is -4.00. The second-order valence-electron chi connectivity index (χ2n) is 7.67. The van der Waals surface area contributed by atoms with Crippen molar-refractivity contribution in [3.8, 4) is 11.4 Å². The monoisotopic (exact) mass is 429 g/mol. The Bertz CT molecular complexity index is 1110. The maximum Gasteiger partial charge on any atom is 0.471 e. The molecule has 31 heavy (non-hydrogen) atoms. The Kier molecular flexibility index (Phi) is 4.77. The van der Waals surface area contributed by atoms with E-state index < -0.39 is 12.1 Å². The molecule has 3 aromatic rings. The van der Waals surface area contributed by atoms with Gasteiger partial charge in [0.25, 0.3) is 5.91 Å². The largest absolute Gasteiger partial charge is 0.471 e. The van der Waals surface area contributed by atoms with Gasteiger partial charge in [-0.2, -0.15) is 18.2 Å². The first-order valence-corrected chi connectivity index (χ1v) is 9.89. The average Bonchev–Trinajstić information content (AvgIpc) is 3.40. The van der Waals surface area contributed by atoms with Gasteiger partial charge in [-0.1, -0.05) is 47.6 Å². The molecule has 2 aliphatic rings. The summed E-state index contributed by atoms with van der Waals surface area (Å²) in [7, 11) is 0. The Labute approximate surface area is 175 Å². The number of carbonyl (C=O) groups excluding carboxylic acids is 1. The number of benzene rings is 2. The average molecular weight is 429 g/mol. The zero-order valence-corrected chi connectivity index (χ0v) is 16.3. The number of rotatable bonds is 3. The van der Waals surface area contributed by atoms with Crippen molar-refractivity contribution in [1.29, 1.82) is 0 Å². The lowest BCUT2D eigenvalue weighted by atomic mass is 9.87. The van der Waals surface area contributed by atoms with E-state index in [1.165, 1.54) is 0 Å². The molecule has 0 saturated carbocycles. The van der Waals surface area contributed by atoms with Gasteiger partial charge in [-0.25, -0.2) is 0 Å². The minimum Gasteiger partial charge on any atom is -0.381 e. The fourth-order valence-corrected chi connectivity index (χ4v) is 4.30. The third kappa shape index (κ3) is 3.59. The Morgan fingerprint density at radius 2 is 1.90 bits per heavy atom. The Morgan fingerprint density at radius 3 is 2.65 bits per heavy atom. The summed E-state index contributed by atoms with van der Waals surface area (Å²) in [6.45, 7) is 1.55.